The van der Waals surface area contributed by atoms with Gasteiger partial charge in [-0.05, 0) is 18.6 Å². The lowest BCUT2D eigenvalue weighted by atomic mass is 10.1. The summed E-state index contributed by atoms with van der Waals surface area (Å²) in [5.74, 6) is -0.479. The van der Waals surface area contributed by atoms with Crippen LogP contribution in [0.1, 0.15) is 23.4 Å². The highest BCUT2D eigenvalue weighted by Gasteiger charge is 2.21. The molecule has 6 nitrogen and oxygen atoms in total. The van der Waals surface area contributed by atoms with Gasteiger partial charge in [-0.1, -0.05) is 12.1 Å². The molecule has 2 heterocycles. The van der Waals surface area contributed by atoms with Crippen molar-refractivity contribution in [3.05, 3.63) is 46.3 Å². The third-order valence-corrected chi connectivity index (χ3v) is 3.46. The number of carbonyl (C=O) groups excluding carboxylic acids is 2. The highest BCUT2D eigenvalue weighted by molar-refractivity contribution is 5.93. The van der Waals surface area contributed by atoms with Crippen molar-refractivity contribution in [3.63, 3.8) is 0 Å². The third kappa shape index (κ3) is 2.79. The molecule has 2 amide bonds. The van der Waals surface area contributed by atoms with Crippen LogP contribution in [0.5, 0.6) is 0 Å². The number of fused-ring (bicyclic) bond motifs is 1. The minimum Gasteiger partial charge on any atom is -0.451 e. The number of carbonyl (C=O) groups is 2. The van der Waals surface area contributed by atoms with E-state index in [1.165, 1.54) is 6.07 Å². The van der Waals surface area contributed by atoms with Gasteiger partial charge in [0.15, 0.2) is 11.2 Å². The van der Waals surface area contributed by atoms with Crippen LogP contribution >= 0.6 is 0 Å². The minimum absolute atomic E-state index is 0.0160. The smallest absolute Gasteiger partial charge is 0.287 e. The largest absolute Gasteiger partial charge is 0.451 e. The van der Waals surface area contributed by atoms with E-state index in [9.17, 15) is 14.4 Å². The molecular weight excluding hydrogens is 272 g/mol. The Morgan fingerprint density at radius 3 is 2.86 bits per heavy atom. The van der Waals surface area contributed by atoms with Gasteiger partial charge in [-0.25, -0.2) is 0 Å². The Balaban J connectivity index is 1.81. The Hall–Kier alpha value is -2.63. The van der Waals surface area contributed by atoms with E-state index >= 15 is 0 Å². The van der Waals surface area contributed by atoms with Crippen LogP contribution in [-0.4, -0.2) is 24.4 Å². The van der Waals surface area contributed by atoms with Gasteiger partial charge in [0.2, 0.25) is 5.91 Å². The molecule has 1 unspecified atom stereocenters. The molecule has 108 valence electrons. The third-order valence-electron chi connectivity index (χ3n) is 3.46. The molecule has 2 aromatic rings. The van der Waals surface area contributed by atoms with E-state index in [1.807, 2.05) is 0 Å². The van der Waals surface area contributed by atoms with Gasteiger partial charge in [-0.3, -0.25) is 14.4 Å². The molecule has 1 aliphatic heterocycles. The summed E-state index contributed by atoms with van der Waals surface area (Å²) in [4.78, 5) is 35.1. The molecule has 1 atom stereocenters. The number of piperidine rings is 1. The van der Waals surface area contributed by atoms with Crippen molar-refractivity contribution in [2.24, 2.45) is 0 Å². The molecule has 1 aromatic carbocycles. The molecule has 6 heteroatoms. The predicted molar refractivity (Wildman–Crippen MR) is 76.0 cm³/mol. The number of nitrogens with one attached hydrogen (secondary N) is 2. The number of hydrogen-bond acceptors (Lipinski definition) is 4. The summed E-state index contributed by atoms with van der Waals surface area (Å²) in [6.45, 7) is 0.391. The van der Waals surface area contributed by atoms with Crippen molar-refractivity contribution in [1.29, 1.82) is 0 Å². The Morgan fingerprint density at radius 2 is 2.10 bits per heavy atom. The maximum atomic E-state index is 12.1. The lowest BCUT2D eigenvalue weighted by Gasteiger charge is -2.23. The van der Waals surface area contributed by atoms with Crippen molar-refractivity contribution in [1.82, 2.24) is 10.6 Å². The quantitative estimate of drug-likeness (QED) is 0.854. The molecule has 1 aromatic heterocycles. The molecule has 1 fully saturated rings. The van der Waals surface area contributed by atoms with Gasteiger partial charge < -0.3 is 15.1 Å². The fraction of sp³-hybridized carbons (Fsp3) is 0.267. The Labute approximate surface area is 120 Å². The highest BCUT2D eigenvalue weighted by Crippen LogP contribution is 2.12. The van der Waals surface area contributed by atoms with E-state index in [0.29, 0.717) is 30.4 Å². The van der Waals surface area contributed by atoms with Crippen LogP contribution in [-0.2, 0) is 4.79 Å². The molecule has 0 spiro atoms. The van der Waals surface area contributed by atoms with Crippen LogP contribution in [0.2, 0.25) is 0 Å². The standard InChI is InChI=1S/C15H14N2O4/c18-11-7-13(21-12-4-2-1-3-10(11)12)15(20)17-9-5-6-14(19)16-8-9/h1-4,7,9H,5-6,8H2,(H,16,19)(H,17,20). The molecule has 2 N–H and O–H groups in total. The van der Waals surface area contributed by atoms with E-state index in [1.54, 1.807) is 24.3 Å². The molecule has 0 aliphatic carbocycles. The summed E-state index contributed by atoms with van der Waals surface area (Å²) in [5, 5.41) is 5.89. The van der Waals surface area contributed by atoms with Crippen molar-refractivity contribution in [2.75, 3.05) is 6.54 Å². The summed E-state index contributed by atoms with van der Waals surface area (Å²) in [7, 11) is 0. The topological polar surface area (TPSA) is 88.4 Å². The highest BCUT2D eigenvalue weighted by atomic mass is 16.3. The zero-order chi connectivity index (χ0) is 14.8. The van der Waals surface area contributed by atoms with Crippen LogP contribution in [0.4, 0.5) is 0 Å². The molecule has 1 aliphatic rings. The maximum absolute atomic E-state index is 12.1. The molecule has 0 bridgehead atoms. The minimum atomic E-state index is -0.445. The lowest BCUT2D eigenvalue weighted by molar-refractivity contribution is -0.122. The average Bonchev–Trinajstić information content (AvgIpc) is 2.49. The summed E-state index contributed by atoms with van der Waals surface area (Å²) >= 11 is 0. The van der Waals surface area contributed by atoms with Gasteiger partial charge in [-0.15, -0.1) is 0 Å². The van der Waals surface area contributed by atoms with Crippen LogP contribution < -0.4 is 16.1 Å². The van der Waals surface area contributed by atoms with E-state index in [4.69, 9.17) is 4.42 Å². The van der Waals surface area contributed by atoms with Gasteiger partial charge in [0.25, 0.3) is 5.91 Å². The van der Waals surface area contributed by atoms with E-state index < -0.39 is 5.91 Å². The molecular formula is C15H14N2O4. The summed E-state index contributed by atoms with van der Waals surface area (Å²) in [6.07, 6.45) is 0.960. The fourth-order valence-corrected chi connectivity index (χ4v) is 2.33. The van der Waals surface area contributed by atoms with Crippen LogP contribution in [0.3, 0.4) is 0 Å². The second-order valence-electron chi connectivity index (χ2n) is 4.98. The first-order valence-corrected chi connectivity index (χ1v) is 6.74. The van der Waals surface area contributed by atoms with Gasteiger partial charge in [0.1, 0.15) is 5.58 Å². The Bertz CT molecular complexity index is 756. The van der Waals surface area contributed by atoms with Gasteiger partial charge in [0, 0.05) is 25.1 Å². The first-order valence-electron chi connectivity index (χ1n) is 6.74. The van der Waals surface area contributed by atoms with Crippen molar-refractivity contribution in [2.45, 2.75) is 18.9 Å². The number of para-hydroxylation sites is 1. The Kier molecular flexibility index (Phi) is 3.43. The number of amides is 2. The van der Waals surface area contributed by atoms with Gasteiger partial charge >= 0.3 is 0 Å². The zero-order valence-corrected chi connectivity index (χ0v) is 11.2. The number of benzene rings is 1. The normalized spacial score (nSPS) is 18.3. The van der Waals surface area contributed by atoms with E-state index in [-0.39, 0.29) is 23.1 Å². The average molecular weight is 286 g/mol. The second kappa shape index (κ2) is 5.40. The molecule has 0 radical (unpaired) electrons. The molecule has 1 saturated heterocycles. The van der Waals surface area contributed by atoms with E-state index in [2.05, 4.69) is 10.6 Å². The number of hydrogen-bond donors (Lipinski definition) is 2. The van der Waals surface area contributed by atoms with Crippen LogP contribution in [0.25, 0.3) is 11.0 Å². The first kappa shape index (κ1) is 13.4. The molecule has 21 heavy (non-hydrogen) atoms. The van der Waals surface area contributed by atoms with Crippen molar-refractivity contribution in [3.8, 4) is 0 Å². The summed E-state index contributed by atoms with van der Waals surface area (Å²) < 4.78 is 5.47. The predicted octanol–water partition coefficient (Wildman–Crippen LogP) is 0.801. The van der Waals surface area contributed by atoms with Gasteiger partial charge in [-0.2, -0.15) is 0 Å². The Morgan fingerprint density at radius 1 is 1.29 bits per heavy atom. The summed E-state index contributed by atoms with van der Waals surface area (Å²) in [6, 6.07) is 7.83. The fourth-order valence-electron chi connectivity index (χ4n) is 2.33. The SMILES string of the molecule is O=C1CCC(NC(=O)c2cc(=O)c3ccccc3o2)CN1. The maximum Gasteiger partial charge on any atom is 0.287 e. The molecule has 3 rings (SSSR count). The van der Waals surface area contributed by atoms with E-state index in [0.717, 1.165) is 0 Å². The van der Waals surface area contributed by atoms with Crippen LogP contribution in [0.15, 0.2) is 39.5 Å². The van der Waals surface area contributed by atoms with Crippen LogP contribution in [0, 0.1) is 0 Å². The summed E-state index contributed by atoms with van der Waals surface area (Å²) in [5.41, 5.74) is 0.131. The van der Waals surface area contributed by atoms with Crippen molar-refractivity contribution < 1.29 is 14.0 Å². The lowest BCUT2D eigenvalue weighted by Crippen LogP contribution is -2.47. The number of rotatable bonds is 2. The van der Waals surface area contributed by atoms with Gasteiger partial charge in [0.05, 0.1) is 5.39 Å². The monoisotopic (exact) mass is 286 g/mol. The molecule has 0 saturated carbocycles. The van der Waals surface area contributed by atoms with Crippen molar-refractivity contribution >= 4 is 22.8 Å². The first-order chi connectivity index (χ1) is 10.1. The zero-order valence-electron chi connectivity index (χ0n) is 11.2. The second-order valence-corrected chi connectivity index (χ2v) is 4.98.